The Morgan fingerprint density at radius 1 is 1.21 bits per heavy atom. The molecular formula is C13H15N3O2S. The predicted octanol–water partition coefficient (Wildman–Crippen LogP) is 2.15. The Kier molecular flexibility index (Phi) is 3.41. The van der Waals surface area contributed by atoms with Gasteiger partial charge in [0.05, 0.1) is 0 Å². The number of rotatable bonds is 4. The minimum absolute atomic E-state index is 0.562. The molecule has 0 saturated heterocycles. The topological polar surface area (TPSA) is 69.4 Å². The van der Waals surface area contributed by atoms with Crippen LogP contribution in [0.25, 0.3) is 0 Å². The third kappa shape index (κ3) is 2.90. The molecule has 6 heteroatoms. The van der Waals surface area contributed by atoms with Gasteiger partial charge in [0.2, 0.25) is 0 Å². The summed E-state index contributed by atoms with van der Waals surface area (Å²) in [5.41, 5.74) is 6.78. The smallest absolute Gasteiger partial charge is 0.161 e. The summed E-state index contributed by atoms with van der Waals surface area (Å²) >= 11 is 1.38. The molecule has 0 spiro atoms. The number of nitrogens with two attached hydrogens (primary N) is 1. The lowest BCUT2D eigenvalue weighted by atomic mass is 10.1. The van der Waals surface area contributed by atoms with Crippen LogP contribution in [0.5, 0.6) is 11.5 Å². The summed E-state index contributed by atoms with van der Waals surface area (Å²) in [6.07, 6.45) is 0.911. The van der Waals surface area contributed by atoms with Crippen molar-refractivity contribution in [2.45, 2.75) is 6.42 Å². The SMILES string of the molecule is Nc1cc(NCCc2ccc3c(c2)OCCO3)sn1. The third-order valence-corrected chi connectivity index (χ3v) is 3.61. The van der Waals surface area contributed by atoms with Gasteiger partial charge in [-0.3, -0.25) is 0 Å². The van der Waals surface area contributed by atoms with E-state index in [1.54, 1.807) is 0 Å². The van der Waals surface area contributed by atoms with Crippen LogP contribution in [0.1, 0.15) is 5.56 Å². The second-order valence-electron chi connectivity index (χ2n) is 4.27. The van der Waals surface area contributed by atoms with Crippen molar-refractivity contribution in [3.8, 4) is 11.5 Å². The van der Waals surface area contributed by atoms with Crippen LogP contribution < -0.4 is 20.5 Å². The second kappa shape index (κ2) is 5.36. The van der Waals surface area contributed by atoms with E-state index in [2.05, 4.69) is 15.8 Å². The van der Waals surface area contributed by atoms with Crippen LogP contribution in [-0.2, 0) is 6.42 Å². The fourth-order valence-electron chi connectivity index (χ4n) is 1.95. The lowest BCUT2D eigenvalue weighted by Crippen LogP contribution is -2.15. The van der Waals surface area contributed by atoms with Crippen LogP contribution in [0.4, 0.5) is 10.8 Å². The van der Waals surface area contributed by atoms with E-state index in [1.807, 2.05) is 18.2 Å². The number of aromatic nitrogens is 1. The molecule has 0 saturated carbocycles. The standard InChI is InChI=1S/C13H15N3O2S/c14-12-8-13(19-16-12)15-4-3-9-1-2-10-11(7-9)18-6-5-17-10/h1-2,7-8,15H,3-6H2,(H2,14,16). The Morgan fingerprint density at radius 2 is 2.05 bits per heavy atom. The minimum Gasteiger partial charge on any atom is -0.486 e. The lowest BCUT2D eigenvalue weighted by Gasteiger charge is -2.18. The molecule has 0 amide bonds. The maximum Gasteiger partial charge on any atom is 0.161 e. The number of hydrogen-bond donors (Lipinski definition) is 2. The van der Waals surface area contributed by atoms with Crippen molar-refractivity contribution in [1.29, 1.82) is 0 Å². The number of benzene rings is 1. The van der Waals surface area contributed by atoms with Gasteiger partial charge in [-0.2, -0.15) is 4.37 Å². The summed E-state index contributed by atoms with van der Waals surface area (Å²) in [5, 5.41) is 4.29. The van der Waals surface area contributed by atoms with Crippen molar-refractivity contribution >= 4 is 22.4 Å². The first-order chi connectivity index (χ1) is 9.31. The molecule has 5 nitrogen and oxygen atoms in total. The van der Waals surface area contributed by atoms with Gasteiger partial charge in [0.1, 0.15) is 24.0 Å². The van der Waals surface area contributed by atoms with Crippen molar-refractivity contribution in [2.24, 2.45) is 0 Å². The van der Waals surface area contributed by atoms with Gasteiger partial charge in [-0.05, 0) is 35.6 Å². The van der Waals surface area contributed by atoms with Crippen LogP contribution in [0.3, 0.4) is 0 Å². The number of nitrogen functional groups attached to an aromatic ring is 1. The summed E-state index contributed by atoms with van der Waals surface area (Å²) < 4.78 is 15.1. The molecule has 3 rings (SSSR count). The highest BCUT2D eigenvalue weighted by Crippen LogP contribution is 2.30. The van der Waals surface area contributed by atoms with E-state index in [-0.39, 0.29) is 0 Å². The molecule has 0 aliphatic carbocycles. The molecule has 1 aliphatic rings. The Balaban J connectivity index is 1.58. The fraction of sp³-hybridized carbons (Fsp3) is 0.308. The molecule has 0 fully saturated rings. The summed E-state index contributed by atoms with van der Waals surface area (Å²) in [7, 11) is 0. The van der Waals surface area contributed by atoms with Gasteiger partial charge < -0.3 is 20.5 Å². The van der Waals surface area contributed by atoms with E-state index in [0.717, 1.165) is 29.5 Å². The van der Waals surface area contributed by atoms with Crippen LogP contribution >= 0.6 is 11.5 Å². The highest BCUT2D eigenvalue weighted by Gasteiger charge is 2.11. The molecule has 100 valence electrons. The maximum atomic E-state index is 5.57. The van der Waals surface area contributed by atoms with Gasteiger partial charge in [0.25, 0.3) is 0 Å². The number of ether oxygens (including phenoxy) is 2. The summed E-state index contributed by atoms with van der Waals surface area (Å²) in [6.45, 7) is 2.08. The number of nitrogens with zero attached hydrogens (tertiary/aromatic N) is 1. The first kappa shape index (κ1) is 12.1. The van der Waals surface area contributed by atoms with Crippen molar-refractivity contribution in [3.05, 3.63) is 29.8 Å². The third-order valence-electron chi connectivity index (χ3n) is 2.85. The number of hydrogen-bond acceptors (Lipinski definition) is 6. The van der Waals surface area contributed by atoms with E-state index in [4.69, 9.17) is 15.2 Å². The van der Waals surface area contributed by atoms with Gasteiger partial charge >= 0.3 is 0 Å². The molecule has 2 aromatic rings. The van der Waals surface area contributed by atoms with E-state index >= 15 is 0 Å². The Hall–Kier alpha value is -1.95. The minimum atomic E-state index is 0.562. The van der Waals surface area contributed by atoms with Gasteiger partial charge in [-0.25, -0.2) is 0 Å². The van der Waals surface area contributed by atoms with E-state index in [1.165, 1.54) is 17.1 Å². The van der Waals surface area contributed by atoms with E-state index < -0.39 is 0 Å². The van der Waals surface area contributed by atoms with Gasteiger partial charge in [0.15, 0.2) is 11.5 Å². The molecule has 0 unspecified atom stereocenters. The van der Waals surface area contributed by atoms with Crippen LogP contribution in [-0.4, -0.2) is 24.1 Å². The second-order valence-corrected chi connectivity index (χ2v) is 5.08. The van der Waals surface area contributed by atoms with Crippen LogP contribution in [0.15, 0.2) is 24.3 Å². The monoisotopic (exact) mass is 277 g/mol. The first-order valence-electron chi connectivity index (χ1n) is 6.16. The Labute approximate surface area is 115 Å². The van der Waals surface area contributed by atoms with Crippen molar-refractivity contribution < 1.29 is 9.47 Å². The highest BCUT2D eigenvalue weighted by atomic mass is 32.1. The van der Waals surface area contributed by atoms with Crippen molar-refractivity contribution in [3.63, 3.8) is 0 Å². The number of fused-ring (bicyclic) bond motifs is 1. The van der Waals surface area contributed by atoms with Crippen molar-refractivity contribution in [2.75, 3.05) is 30.8 Å². The Morgan fingerprint density at radius 3 is 2.84 bits per heavy atom. The molecule has 1 aromatic carbocycles. The van der Waals surface area contributed by atoms with Gasteiger partial charge in [-0.15, -0.1) is 0 Å². The van der Waals surface area contributed by atoms with Crippen LogP contribution in [0.2, 0.25) is 0 Å². The van der Waals surface area contributed by atoms with E-state index in [9.17, 15) is 0 Å². The largest absolute Gasteiger partial charge is 0.486 e. The molecule has 2 heterocycles. The molecule has 0 atom stereocenters. The number of anilines is 2. The fourth-order valence-corrected chi connectivity index (χ4v) is 2.54. The first-order valence-corrected chi connectivity index (χ1v) is 6.93. The summed E-state index contributed by atoms with van der Waals surface area (Å²) in [6, 6.07) is 7.91. The summed E-state index contributed by atoms with van der Waals surface area (Å²) in [5.74, 6) is 2.23. The molecule has 0 bridgehead atoms. The summed E-state index contributed by atoms with van der Waals surface area (Å²) in [4.78, 5) is 0. The Bertz CT molecular complexity index is 571. The normalized spacial score (nSPS) is 13.3. The predicted molar refractivity (Wildman–Crippen MR) is 76.2 cm³/mol. The molecular weight excluding hydrogens is 262 g/mol. The molecule has 19 heavy (non-hydrogen) atoms. The van der Waals surface area contributed by atoms with Crippen LogP contribution in [0, 0.1) is 0 Å². The van der Waals surface area contributed by atoms with E-state index in [0.29, 0.717) is 19.0 Å². The highest BCUT2D eigenvalue weighted by molar-refractivity contribution is 7.10. The lowest BCUT2D eigenvalue weighted by molar-refractivity contribution is 0.171. The maximum absolute atomic E-state index is 5.57. The average molecular weight is 277 g/mol. The zero-order valence-corrected chi connectivity index (χ0v) is 11.2. The molecule has 0 radical (unpaired) electrons. The molecule has 1 aliphatic heterocycles. The van der Waals surface area contributed by atoms with Crippen molar-refractivity contribution in [1.82, 2.24) is 4.37 Å². The van der Waals surface area contributed by atoms with Gasteiger partial charge in [-0.1, -0.05) is 6.07 Å². The van der Waals surface area contributed by atoms with Gasteiger partial charge in [0, 0.05) is 12.6 Å². The molecule has 1 aromatic heterocycles. The zero-order valence-electron chi connectivity index (χ0n) is 10.4. The molecule has 3 N–H and O–H groups in total. The quantitative estimate of drug-likeness (QED) is 0.896. The average Bonchev–Trinajstić information content (AvgIpc) is 2.84. The number of nitrogens with one attached hydrogen (secondary N) is 1. The zero-order chi connectivity index (χ0) is 13.1.